The summed E-state index contributed by atoms with van der Waals surface area (Å²) >= 11 is 0. The number of halogens is 2. The van der Waals surface area contributed by atoms with E-state index in [1.165, 1.54) is 17.8 Å². The summed E-state index contributed by atoms with van der Waals surface area (Å²) in [5, 5.41) is 12.5. The fraction of sp³-hybridized carbons (Fsp3) is 0.125. The van der Waals surface area contributed by atoms with E-state index in [0.717, 1.165) is 23.3 Å². The summed E-state index contributed by atoms with van der Waals surface area (Å²) in [4.78, 5) is 26.0. The highest BCUT2D eigenvalue weighted by molar-refractivity contribution is 5.95. The molecule has 1 unspecified atom stereocenters. The summed E-state index contributed by atoms with van der Waals surface area (Å²) in [6, 6.07) is 19.0. The van der Waals surface area contributed by atoms with Crippen molar-refractivity contribution in [3.63, 3.8) is 0 Å². The number of hydrazine groups is 1. The van der Waals surface area contributed by atoms with Crippen LogP contribution in [0, 0.1) is 11.6 Å². The van der Waals surface area contributed by atoms with Crippen LogP contribution in [-0.2, 0) is 11.3 Å². The number of nitrogens with zero attached hydrogens (tertiary/aromatic N) is 4. The molecule has 1 aromatic heterocycles. The topological polar surface area (TPSA) is 111 Å². The normalized spacial score (nSPS) is 11.5. The Labute approximate surface area is 198 Å². The number of aromatic nitrogens is 4. The minimum absolute atomic E-state index is 0.0220. The average molecular weight is 478 g/mol. The van der Waals surface area contributed by atoms with Crippen LogP contribution in [0.25, 0.3) is 11.4 Å². The molecule has 1 atom stereocenters. The SMILES string of the molecule is CC(Oc1ccc(F)c(F)c1)C(=O)NNC(=O)c1ccc(Cn2nnc(-c3ccccc3)n2)cc1. The van der Waals surface area contributed by atoms with E-state index in [2.05, 4.69) is 26.3 Å². The number of nitrogens with one attached hydrogen (secondary N) is 2. The van der Waals surface area contributed by atoms with Crippen LogP contribution in [0.3, 0.4) is 0 Å². The van der Waals surface area contributed by atoms with E-state index in [4.69, 9.17) is 4.74 Å². The largest absolute Gasteiger partial charge is 0.481 e. The van der Waals surface area contributed by atoms with E-state index in [1.807, 2.05) is 30.3 Å². The van der Waals surface area contributed by atoms with Gasteiger partial charge in [-0.05, 0) is 42.0 Å². The molecule has 0 fully saturated rings. The first kappa shape index (κ1) is 23.5. The molecule has 35 heavy (non-hydrogen) atoms. The van der Waals surface area contributed by atoms with E-state index < -0.39 is 29.6 Å². The van der Waals surface area contributed by atoms with Gasteiger partial charge in [-0.3, -0.25) is 20.4 Å². The van der Waals surface area contributed by atoms with E-state index in [9.17, 15) is 18.4 Å². The van der Waals surface area contributed by atoms with Gasteiger partial charge in [-0.1, -0.05) is 42.5 Å². The highest BCUT2D eigenvalue weighted by Crippen LogP contribution is 2.17. The Balaban J connectivity index is 1.28. The van der Waals surface area contributed by atoms with Gasteiger partial charge < -0.3 is 4.74 Å². The fourth-order valence-corrected chi connectivity index (χ4v) is 3.04. The highest BCUT2D eigenvalue weighted by atomic mass is 19.2. The summed E-state index contributed by atoms with van der Waals surface area (Å²) in [5.41, 5.74) is 6.53. The zero-order chi connectivity index (χ0) is 24.8. The molecule has 3 aromatic carbocycles. The number of benzene rings is 3. The van der Waals surface area contributed by atoms with Gasteiger partial charge in [0.15, 0.2) is 17.7 Å². The molecule has 9 nitrogen and oxygen atoms in total. The molecular formula is C24H20F2N6O3. The quantitative estimate of drug-likeness (QED) is 0.395. The lowest BCUT2D eigenvalue weighted by Gasteiger charge is -2.15. The maximum Gasteiger partial charge on any atom is 0.279 e. The summed E-state index contributed by atoms with van der Waals surface area (Å²) in [6.45, 7) is 1.76. The maximum absolute atomic E-state index is 13.3. The molecule has 4 aromatic rings. The molecule has 1 heterocycles. The Morgan fingerprint density at radius 1 is 0.971 bits per heavy atom. The Morgan fingerprint density at radius 3 is 2.43 bits per heavy atom. The van der Waals surface area contributed by atoms with Crippen LogP contribution in [0.2, 0.25) is 0 Å². The van der Waals surface area contributed by atoms with Crippen molar-refractivity contribution >= 4 is 11.8 Å². The summed E-state index contributed by atoms with van der Waals surface area (Å²) in [5.74, 6) is -2.85. The van der Waals surface area contributed by atoms with Gasteiger partial charge in [0.05, 0.1) is 6.54 Å². The summed E-state index contributed by atoms with van der Waals surface area (Å²) < 4.78 is 31.5. The Morgan fingerprint density at radius 2 is 1.71 bits per heavy atom. The molecule has 0 saturated carbocycles. The molecule has 2 N–H and O–H groups in total. The van der Waals surface area contributed by atoms with Gasteiger partial charge in [-0.2, -0.15) is 4.80 Å². The first-order valence-electron chi connectivity index (χ1n) is 10.5. The molecule has 0 aliphatic carbocycles. The Hall–Kier alpha value is -4.67. The molecule has 178 valence electrons. The number of hydrogen-bond donors (Lipinski definition) is 2. The zero-order valence-corrected chi connectivity index (χ0v) is 18.5. The number of hydrogen-bond acceptors (Lipinski definition) is 6. The average Bonchev–Trinajstić information content (AvgIpc) is 3.34. The minimum atomic E-state index is -1.09. The molecule has 2 amide bonds. The molecule has 0 spiro atoms. The fourth-order valence-electron chi connectivity index (χ4n) is 3.04. The van der Waals surface area contributed by atoms with Crippen molar-refractivity contribution in [3.05, 3.63) is 95.6 Å². The van der Waals surface area contributed by atoms with Gasteiger partial charge in [-0.25, -0.2) is 8.78 Å². The predicted octanol–water partition coefficient (Wildman–Crippen LogP) is 2.90. The van der Waals surface area contributed by atoms with Crippen LogP contribution in [0.4, 0.5) is 8.78 Å². The smallest absolute Gasteiger partial charge is 0.279 e. The first-order valence-corrected chi connectivity index (χ1v) is 10.5. The third-order valence-corrected chi connectivity index (χ3v) is 4.90. The van der Waals surface area contributed by atoms with Crippen molar-refractivity contribution in [1.29, 1.82) is 0 Å². The molecule has 0 radical (unpaired) electrons. The number of amides is 2. The molecule has 0 bridgehead atoms. The van der Waals surface area contributed by atoms with Gasteiger partial charge >= 0.3 is 0 Å². The number of carbonyl (C=O) groups excluding carboxylic acids is 2. The summed E-state index contributed by atoms with van der Waals surface area (Å²) in [6.07, 6.45) is -1.07. The number of tetrazole rings is 1. The molecule has 0 saturated heterocycles. The lowest BCUT2D eigenvalue weighted by atomic mass is 10.1. The van der Waals surface area contributed by atoms with Crippen LogP contribution < -0.4 is 15.6 Å². The van der Waals surface area contributed by atoms with E-state index in [0.29, 0.717) is 17.9 Å². The standard InChI is InChI=1S/C24H20F2N6O3/c1-15(35-19-11-12-20(25)21(26)13-19)23(33)28-29-24(34)18-9-7-16(8-10-18)14-32-30-22(27-31-32)17-5-3-2-4-6-17/h2-13,15H,14H2,1H3,(H,28,33)(H,29,34). The van der Waals surface area contributed by atoms with Crippen molar-refractivity contribution in [2.45, 2.75) is 19.6 Å². The summed E-state index contributed by atoms with van der Waals surface area (Å²) in [7, 11) is 0. The van der Waals surface area contributed by atoms with Crippen molar-refractivity contribution < 1.29 is 23.1 Å². The molecular weight excluding hydrogens is 458 g/mol. The van der Waals surface area contributed by atoms with Crippen molar-refractivity contribution in [3.8, 4) is 17.1 Å². The first-order chi connectivity index (χ1) is 16.9. The second-order valence-electron chi connectivity index (χ2n) is 7.49. The molecule has 4 rings (SSSR count). The van der Waals surface area contributed by atoms with Crippen molar-refractivity contribution in [1.82, 2.24) is 31.1 Å². The molecule has 0 aliphatic rings. The molecule has 11 heteroatoms. The highest BCUT2D eigenvalue weighted by Gasteiger charge is 2.17. The van der Waals surface area contributed by atoms with Gasteiger partial charge in [0, 0.05) is 17.2 Å². The molecule has 0 aliphatic heterocycles. The van der Waals surface area contributed by atoms with Gasteiger partial charge in [0.2, 0.25) is 5.82 Å². The third-order valence-electron chi connectivity index (χ3n) is 4.90. The van der Waals surface area contributed by atoms with E-state index in [1.54, 1.807) is 24.3 Å². The zero-order valence-electron chi connectivity index (χ0n) is 18.5. The Kier molecular flexibility index (Phi) is 7.05. The number of carbonyl (C=O) groups is 2. The van der Waals surface area contributed by atoms with Crippen LogP contribution in [0.1, 0.15) is 22.8 Å². The van der Waals surface area contributed by atoms with Gasteiger partial charge in [-0.15, -0.1) is 10.2 Å². The van der Waals surface area contributed by atoms with Crippen LogP contribution in [0.15, 0.2) is 72.8 Å². The lowest BCUT2D eigenvalue weighted by molar-refractivity contribution is -0.128. The third kappa shape index (κ3) is 6.02. The number of rotatable bonds is 7. The van der Waals surface area contributed by atoms with E-state index >= 15 is 0 Å². The van der Waals surface area contributed by atoms with Gasteiger partial charge in [0.1, 0.15) is 5.75 Å². The number of ether oxygens (including phenoxy) is 1. The van der Waals surface area contributed by atoms with Gasteiger partial charge in [0.25, 0.3) is 11.8 Å². The lowest BCUT2D eigenvalue weighted by Crippen LogP contribution is -2.47. The Bertz CT molecular complexity index is 1330. The van der Waals surface area contributed by atoms with Crippen LogP contribution >= 0.6 is 0 Å². The van der Waals surface area contributed by atoms with Crippen molar-refractivity contribution in [2.75, 3.05) is 0 Å². The van der Waals surface area contributed by atoms with Crippen molar-refractivity contribution in [2.24, 2.45) is 0 Å². The minimum Gasteiger partial charge on any atom is -0.481 e. The second-order valence-corrected chi connectivity index (χ2v) is 7.49. The maximum atomic E-state index is 13.3. The monoisotopic (exact) mass is 478 g/mol. The predicted molar refractivity (Wildman–Crippen MR) is 121 cm³/mol. The van der Waals surface area contributed by atoms with E-state index in [-0.39, 0.29) is 5.75 Å². The second kappa shape index (κ2) is 10.5. The van der Waals surface area contributed by atoms with Crippen LogP contribution in [-0.4, -0.2) is 38.1 Å². The van der Waals surface area contributed by atoms with Crippen LogP contribution in [0.5, 0.6) is 5.75 Å².